The number of hydrogen-bond donors (Lipinski definition) is 2. The summed E-state index contributed by atoms with van der Waals surface area (Å²) in [6, 6.07) is 19.7. The molecule has 4 heterocycles. The second-order valence-electron chi connectivity index (χ2n) is 11.0. The first-order valence-electron chi connectivity index (χ1n) is 13.8. The molecule has 1 amide bonds. The summed E-state index contributed by atoms with van der Waals surface area (Å²) in [6.07, 6.45) is 2.88. The maximum atomic E-state index is 13.9. The van der Waals surface area contributed by atoms with E-state index in [-0.39, 0.29) is 36.1 Å². The van der Waals surface area contributed by atoms with Crippen LogP contribution in [0.1, 0.15) is 31.4 Å². The number of carbonyl (C=O) groups is 1. The fourth-order valence-electron chi connectivity index (χ4n) is 6.06. The topological polar surface area (TPSA) is 112 Å². The number of benzene rings is 2. The number of aliphatic hydroxyl groups is 1. The Kier molecular flexibility index (Phi) is 7.35. The number of nitrogens with one attached hydrogen (secondary N) is 1. The van der Waals surface area contributed by atoms with Crippen molar-refractivity contribution in [2.45, 2.75) is 54.8 Å². The Morgan fingerprint density at radius 3 is 2.52 bits per heavy atom. The van der Waals surface area contributed by atoms with Crippen molar-refractivity contribution >= 4 is 15.9 Å². The van der Waals surface area contributed by atoms with Gasteiger partial charge in [0.25, 0.3) is 0 Å². The molecule has 6 rings (SSSR count). The van der Waals surface area contributed by atoms with E-state index in [0.29, 0.717) is 19.3 Å². The maximum absolute atomic E-state index is 13.9. The van der Waals surface area contributed by atoms with Gasteiger partial charge in [0.2, 0.25) is 15.9 Å². The molecule has 2 aromatic carbocycles. The molecule has 0 unspecified atom stereocenters. The molecule has 2 N–H and O–H groups in total. The average molecular weight is 563 g/mol. The van der Waals surface area contributed by atoms with Gasteiger partial charge < -0.3 is 15.2 Å². The van der Waals surface area contributed by atoms with Gasteiger partial charge in [-0.25, -0.2) is 8.42 Å². The SMILES string of the molecule is O=C1NC2(CCOc3cc(-c4ccccc4)ccc3S(=O)(=O)N3C[C@H](O)C[C@@H]13)CCN(Cc1ccccn1)CC2. The van der Waals surface area contributed by atoms with E-state index in [2.05, 4.69) is 15.2 Å². The molecule has 1 spiro atoms. The van der Waals surface area contributed by atoms with Crippen LogP contribution >= 0.6 is 0 Å². The van der Waals surface area contributed by atoms with Gasteiger partial charge in [0.05, 0.1) is 18.4 Å². The molecule has 10 heteroatoms. The molecular formula is C30H34N4O5S. The Hall–Kier alpha value is -3.31. The van der Waals surface area contributed by atoms with Gasteiger partial charge in [0.15, 0.2) is 0 Å². The predicted octanol–water partition coefficient (Wildman–Crippen LogP) is 2.81. The number of aliphatic hydroxyl groups excluding tert-OH is 1. The summed E-state index contributed by atoms with van der Waals surface area (Å²) in [5.41, 5.74) is 2.25. The van der Waals surface area contributed by atoms with Crippen molar-refractivity contribution in [1.29, 1.82) is 0 Å². The quantitative estimate of drug-likeness (QED) is 0.505. The number of amides is 1. The molecule has 2 fully saturated rings. The number of piperidine rings is 1. The number of nitrogens with zero attached hydrogens (tertiary/aromatic N) is 3. The van der Waals surface area contributed by atoms with Gasteiger partial charge in [0, 0.05) is 50.8 Å². The van der Waals surface area contributed by atoms with Gasteiger partial charge in [-0.1, -0.05) is 42.5 Å². The van der Waals surface area contributed by atoms with Gasteiger partial charge in [-0.2, -0.15) is 4.31 Å². The number of sulfonamides is 1. The number of likely N-dealkylation sites (tertiary alicyclic amines) is 1. The minimum Gasteiger partial charge on any atom is -0.492 e. The van der Waals surface area contributed by atoms with Crippen molar-refractivity contribution in [3.05, 3.63) is 78.6 Å². The van der Waals surface area contributed by atoms with Crippen LogP contribution in [-0.2, 0) is 21.4 Å². The first kappa shape index (κ1) is 26.9. The van der Waals surface area contributed by atoms with Crippen molar-refractivity contribution < 1.29 is 23.1 Å². The lowest BCUT2D eigenvalue weighted by molar-refractivity contribution is -0.127. The predicted molar refractivity (Wildman–Crippen MR) is 150 cm³/mol. The second-order valence-corrected chi connectivity index (χ2v) is 12.8. The minimum atomic E-state index is -4.11. The fourth-order valence-corrected chi connectivity index (χ4v) is 7.81. The first-order chi connectivity index (χ1) is 19.3. The first-order valence-corrected chi connectivity index (χ1v) is 15.2. The van der Waals surface area contributed by atoms with E-state index in [9.17, 15) is 18.3 Å². The van der Waals surface area contributed by atoms with E-state index in [4.69, 9.17) is 4.74 Å². The summed E-state index contributed by atoms with van der Waals surface area (Å²) in [7, 11) is -4.11. The molecule has 210 valence electrons. The number of carbonyl (C=O) groups excluding carboxylic acids is 1. The Balaban J connectivity index is 1.31. The van der Waals surface area contributed by atoms with Crippen LogP contribution in [0.5, 0.6) is 5.75 Å². The van der Waals surface area contributed by atoms with E-state index in [0.717, 1.165) is 40.8 Å². The Morgan fingerprint density at radius 2 is 1.77 bits per heavy atom. The van der Waals surface area contributed by atoms with E-state index in [1.807, 2.05) is 48.5 Å². The van der Waals surface area contributed by atoms with E-state index in [1.165, 1.54) is 0 Å². The van der Waals surface area contributed by atoms with Crippen molar-refractivity contribution in [3.63, 3.8) is 0 Å². The molecule has 0 aliphatic carbocycles. The van der Waals surface area contributed by atoms with Crippen molar-refractivity contribution in [2.75, 3.05) is 26.2 Å². The number of aromatic nitrogens is 1. The van der Waals surface area contributed by atoms with Crippen LogP contribution < -0.4 is 10.1 Å². The van der Waals surface area contributed by atoms with Crippen LogP contribution in [0.4, 0.5) is 0 Å². The molecule has 0 saturated carbocycles. The van der Waals surface area contributed by atoms with Gasteiger partial charge in [0.1, 0.15) is 16.7 Å². The van der Waals surface area contributed by atoms with Crippen LogP contribution in [0.3, 0.4) is 0 Å². The second kappa shape index (κ2) is 10.9. The largest absolute Gasteiger partial charge is 0.492 e. The molecule has 2 atom stereocenters. The van der Waals surface area contributed by atoms with Crippen molar-refractivity contribution in [2.24, 2.45) is 0 Å². The summed E-state index contributed by atoms with van der Waals surface area (Å²) < 4.78 is 35.2. The minimum absolute atomic E-state index is 0.0141. The van der Waals surface area contributed by atoms with Gasteiger partial charge >= 0.3 is 0 Å². The van der Waals surface area contributed by atoms with Crippen LogP contribution in [0.15, 0.2) is 77.8 Å². The number of ether oxygens (including phenoxy) is 1. The van der Waals surface area contributed by atoms with Gasteiger partial charge in [-0.3, -0.25) is 14.7 Å². The third-order valence-corrected chi connectivity index (χ3v) is 10.2. The zero-order valence-electron chi connectivity index (χ0n) is 22.3. The Morgan fingerprint density at radius 1 is 1.00 bits per heavy atom. The summed E-state index contributed by atoms with van der Waals surface area (Å²) in [6.45, 7) is 2.39. The molecule has 0 bridgehead atoms. The van der Waals surface area contributed by atoms with Crippen LogP contribution in [-0.4, -0.2) is 77.5 Å². The summed E-state index contributed by atoms with van der Waals surface area (Å²) >= 11 is 0. The average Bonchev–Trinajstić information content (AvgIpc) is 3.37. The standard InChI is InChI=1S/C30H34N4O5S/c35-25-19-26-29(36)32-30(11-15-33(16-12-30)20-24-8-4-5-14-31-24)13-17-39-27-18-23(22-6-2-1-3-7-22)9-10-28(27)40(37,38)34(26)21-25/h1-10,14,18,25-26,35H,11-13,15-17,19-21H2,(H,32,36)/t25-,26+/m1/s1. The van der Waals surface area contributed by atoms with E-state index >= 15 is 0 Å². The highest BCUT2D eigenvalue weighted by Gasteiger charge is 2.47. The van der Waals surface area contributed by atoms with E-state index in [1.54, 1.807) is 24.4 Å². The smallest absolute Gasteiger partial charge is 0.247 e. The Labute approximate surface area is 234 Å². The lowest BCUT2D eigenvalue weighted by Crippen LogP contribution is -2.59. The molecule has 3 aromatic rings. The third kappa shape index (κ3) is 5.36. The summed E-state index contributed by atoms with van der Waals surface area (Å²) in [5, 5.41) is 13.7. The van der Waals surface area contributed by atoms with Crippen molar-refractivity contribution in [1.82, 2.24) is 19.5 Å². The highest BCUT2D eigenvalue weighted by molar-refractivity contribution is 7.89. The van der Waals surface area contributed by atoms with E-state index < -0.39 is 27.7 Å². The number of hydrogen-bond acceptors (Lipinski definition) is 7. The normalized spacial score (nSPS) is 24.8. The third-order valence-electron chi connectivity index (χ3n) is 8.33. The lowest BCUT2D eigenvalue weighted by Gasteiger charge is -2.43. The molecule has 3 aliphatic rings. The molecule has 2 saturated heterocycles. The lowest BCUT2D eigenvalue weighted by atomic mass is 9.84. The zero-order chi connectivity index (χ0) is 27.7. The molecule has 3 aliphatic heterocycles. The zero-order valence-corrected chi connectivity index (χ0v) is 23.1. The van der Waals surface area contributed by atoms with Crippen LogP contribution in [0, 0.1) is 0 Å². The van der Waals surface area contributed by atoms with Gasteiger partial charge in [-0.15, -0.1) is 0 Å². The highest BCUT2D eigenvalue weighted by atomic mass is 32.2. The van der Waals surface area contributed by atoms with Crippen LogP contribution in [0.25, 0.3) is 11.1 Å². The molecule has 0 radical (unpaired) electrons. The van der Waals surface area contributed by atoms with Gasteiger partial charge in [-0.05, 0) is 48.2 Å². The summed E-state index contributed by atoms with van der Waals surface area (Å²) in [5.74, 6) is -0.0961. The number of fused-ring (bicyclic) bond motifs is 2. The maximum Gasteiger partial charge on any atom is 0.247 e. The fraction of sp³-hybridized carbons (Fsp3) is 0.400. The van der Waals surface area contributed by atoms with Crippen molar-refractivity contribution in [3.8, 4) is 16.9 Å². The number of rotatable bonds is 3. The molecular weight excluding hydrogens is 528 g/mol. The summed E-state index contributed by atoms with van der Waals surface area (Å²) in [4.78, 5) is 20.4. The molecule has 40 heavy (non-hydrogen) atoms. The number of pyridine rings is 1. The highest BCUT2D eigenvalue weighted by Crippen LogP contribution is 2.37. The molecule has 9 nitrogen and oxygen atoms in total. The Bertz CT molecular complexity index is 1460. The monoisotopic (exact) mass is 562 g/mol. The molecule has 1 aromatic heterocycles. The van der Waals surface area contributed by atoms with Crippen LogP contribution in [0.2, 0.25) is 0 Å².